The molecule has 0 aromatic heterocycles. The minimum Gasteiger partial charge on any atom is -0.488 e. The lowest BCUT2D eigenvalue weighted by molar-refractivity contribution is 0.140. The molecule has 0 saturated carbocycles. The fraction of sp³-hybridized carbons (Fsp3) is 0.682. The highest BCUT2D eigenvalue weighted by molar-refractivity contribution is 5.79. The Morgan fingerprint density at radius 3 is 2.86 bits per heavy atom. The summed E-state index contributed by atoms with van der Waals surface area (Å²) in [5.74, 6) is 2.16. The lowest BCUT2D eigenvalue weighted by atomic mass is 10.0. The van der Waals surface area contributed by atoms with E-state index in [0.29, 0.717) is 19.1 Å². The normalized spacial score (nSPS) is 18.1. The van der Waals surface area contributed by atoms with Crippen molar-refractivity contribution in [3.63, 3.8) is 0 Å². The first-order valence-corrected chi connectivity index (χ1v) is 10.6. The first-order chi connectivity index (χ1) is 13.7. The second kappa shape index (κ2) is 12.6. The Morgan fingerprint density at radius 1 is 1.32 bits per heavy atom. The summed E-state index contributed by atoms with van der Waals surface area (Å²) in [7, 11) is 0. The molecule has 6 heteroatoms. The standard InChI is InChI=1S/C22H37N3O3/c1-4-6-18(9-11-26)14-24-22(23-5-2)25-15-19-8-7-17(3)13-21(19)28-20-10-12-27-16-20/h7-8,13,18,20,26H,4-6,9-12,14-16H2,1-3H3,(H2,23,24,25). The van der Waals surface area contributed by atoms with Gasteiger partial charge in [-0.15, -0.1) is 0 Å². The van der Waals surface area contributed by atoms with Gasteiger partial charge in [0.25, 0.3) is 0 Å². The van der Waals surface area contributed by atoms with E-state index in [-0.39, 0.29) is 12.7 Å². The molecule has 1 aromatic carbocycles. The number of rotatable bonds is 11. The van der Waals surface area contributed by atoms with Crippen LogP contribution in [0.1, 0.15) is 50.7 Å². The molecule has 0 aliphatic carbocycles. The van der Waals surface area contributed by atoms with E-state index in [9.17, 15) is 5.11 Å². The number of ether oxygens (including phenoxy) is 2. The molecule has 1 aliphatic heterocycles. The van der Waals surface area contributed by atoms with Crippen molar-refractivity contribution in [2.45, 2.75) is 59.1 Å². The highest BCUT2D eigenvalue weighted by Crippen LogP contribution is 2.24. The quantitative estimate of drug-likeness (QED) is 0.399. The molecule has 0 amide bonds. The van der Waals surface area contributed by atoms with Crippen molar-refractivity contribution in [2.24, 2.45) is 10.9 Å². The fourth-order valence-corrected chi connectivity index (χ4v) is 3.37. The lowest BCUT2D eigenvalue weighted by Gasteiger charge is -2.19. The van der Waals surface area contributed by atoms with Crippen molar-refractivity contribution in [3.8, 4) is 5.75 Å². The highest BCUT2D eigenvalue weighted by Gasteiger charge is 2.18. The van der Waals surface area contributed by atoms with Crippen LogP contribution in [0.5, 0.6) is 5.75 Å². The van der Waals surface area contributed by atoms with Crippen LogP contribution in [0.3, 0.4) is 0 Å². The van der Waals surface area contributed by atoms with Gasteiger partial charge in [-0.3, -0.25) is 0 Å². The van der Waals surface area contributed by atoms with Crippen LogP contribution in [0.2, 0.25) is 0 Å². The Labute approximate surface area is 169 Å². The van der Waals surface area contributed by atoms with Gasteiger partial charge in [0.15, 0.2) is 5.96 Å². The molecule has 1 aromatic rings. The van der Waals surface area contributed by atoms with Crippen molar-refractivity contribution in [1.82, 2.24) is 10.6 Å². The molecule has 6 nitrogen and oxygen atoms in total. The van der Waals surface area contributed by atoms with Crippen LogP contribution in [-0.4, -0.2) is 50.1 Å². The number of aliphatic hydroxyl groups is 1. The largest absolute Gasteiger partial charge is 0.488 e. The maximum Gasteiger partial charge on any atom is 0.191 e. The fourth-order valence-electron chi connectivity index (χ4n) is 3.37. The number of aliphatic hydroxyl groups excluding tert-OH is 1. The Kier molecular flexibility index (Phi) is 10.1. The first-order valence-electron chi connectivity index (χ1n) is 10.6. The topological polar surface area (TPSA) is 75.1 Å². The van der Waals surface area contributed by atoms with Gasteiger partial charge in [0.05, 0.1) is 19.8 Å². The van der Waals surface area contributed by atoms with Gasteiger partial charge in [0.2, 0.25) is 0 Å². The summed E-state index contributed by atoms with van der Waals surface area (Å²) in [6, 6.07) is 6.28. The van der Waals surface area contributed by atoms with E-state index in [4.69, 9.17) is 14.5 Å². The second-order valence-electron chi connectivity index (χ2n) is 7.46. The number of hydrogen-bond acceptors (Lipinski definition) is 4. The Morgan fingerprint density at radius 2 is 2.18 bits per heavy atom. The van der Waals surface area contributed by atoms with Crippen molar-refractivity contribution >= 4 is 5.96 Å². The molecule has 2 rings (SSSR count). The van der Waals surface area contributed by atoms with E-state index in [1.54, 1.807) is 0 Å². The van der Waals surface area contributed by atoms with E-state index < -0.39 is 0 Å². The molecule has 0 radical (unpaired) electrons. The first kappa shape index (κ1) is 22.5. The van der Waals surface area contributed by atoms with E-state index in [1.165, 1.54) is 5.56 Å². The monoisotopic (exact) mass is 391 g/mol. The molecular formula is C22H37N3O3. The zero-order chi connectivity index (χ0) is 20.2. The third-order valence-electron chi connectivity index (χ3n) is 4.95. The Balaban J connectivity index is 2.02. The van der Waals surface area contributed by atoms with Crippen LogP contribution in [0.25, 0.3) is 0 Å². The molecule has 1 heterocycles. The van der Waals surface area contributed by atoms with E-state index in [2.05, 4.69) is 49.6 Å². The summed E-state index contributed by atoms with van der Waals surface area (Å²) >= 11 is 0. The highest BCUT2D eigenvalue weighted by atomic mass is 16.5. The molecule has 0 spiro atoms. The summed E-state index contributed by atoms with van der Waals surface area (Å²) in [6.45, 7) is 10.2. The average molecular weight is 392 g/mol. The van der Waals surface area contributed by atoms with Gasteiger partial charge in [-0.2, -0.15) is 0 Å². The number of aliphatic imine (C=N–C) groups is 1. The van der Waals surface area contributed by atoms with E-state index in [1.807, 2.05) is 0 Å². The van der Waals surface area contributed by atoms with Crippen molar-refractivity contribution in [1.29, 1.82) is 0 Å². The Bertz CT molecular complexity index is 595. The molecule has 158 valence electrons. The zero-order valence-corrected chi connectivity index (χ0v) is 17.7. The molecule has 1 fully saturated rings. The lowest BCUT2D eigenvalue weighted by Crippen LogP contribution is -2.40. The van der Waals surface area contributed by atoms with Crippen LogP contribution in [0, 0.1) is 12.8 Å². The Hall–Kier alpha value is -1.79. The second-order valence-corrected chi connectivity index (χ2v) is 7.46. The molecule has 28 heavy (non-hydrogen) atoms. The van der Waals surface area contributed by atoms with E-state index >= 15 is 0 Å². The van der Waals surface area contributed by atoms with Gasteiger partial charge in [-0.1, -0.05) is 25.5 Å². The molecule has 1 saturated heterocycles. The predicted octanol–water partition coefficient (Wildman–Crippen LogP) is 3.02. The summed E-state index contributed by atoms with van der Waals surface area (Å²) in [6.07, 6.45) is 4.11. The van der Waals surface area contributed by atoms with Crippen LogP contribution in [0.15, 0.2) is 23.2 Å². The zero-order valence-electron chi connectivity index (χ0n) is 17.7. The molecule has 3 N–H and O–H groups in total. The van der Waals surface area contributed by atoms with Gasteiger partial charge in [0.1, 0.15) is 11.9 Å². The van der Waals surface area contributed by atoms with Gasteiger partial charge in [-0.05, 0) is 44.2 Å². The van der Waals surface area contributed by atoms with Gasteiger partial charge in [0, 0.05) is 31.7 Å². The maximum absolute atomic E-state index is 9.26. The molecule has 2 unspecified atom stereocenters. The van der Waals surface area contributed by atoms with Gasteiger partial charge in [-0.25, -0.2) is 4.99 Å². The predicted molar refractivity (Wildman–Crippen MR) is 114 cm³/mol. The molecule has 1 aliphatic rings. The number of benzene rings is 1. The number of nitrogens with one attached hydrogen (secondary N) is 2. The number of hydrogen-bond donors (Lipinski definition) is 3. The minimum absolute atomic E-state index is 0.129. The summed E-state index contributed by atoms with van der Waals surface area (Å²) in [4.78, 5) is 4.76. The summed E-state index contributed by atoms with van der Waals surface area (Å²) in [5, 5.41) is 16.0. The third kappa shape index (κ3) is 7.68. The summed E-state index contributed by atoms with van der Waals surface area (Å²) < 4.78 is 11.6. The smallest absolute Gasteiger partial charge is 0.191 e. The molecular weight excluding hydrogens is 354 g/mol. The average Bonchev–Trinajstić information content (AvgIpc) is 3.18. The third-order valence-corrected chi connectivity index (χ3v) is 4.95. The number of guanidine groups is 1. The number of nitrogens with zero attached hydrogens (tertiary/aromatic N) is 1. The van der Waals surface area contributed by atoms with Crippen molar-refractivity contribution in [2.75, 3.05) is 32.9 Å². The van der Waals surface area contributed by atoms with Gasteiger partial charge >= 0.3 is 0 Å². The van der Waals surface area contributed by atoms with Crippen molar-refractivity contribution in [3.05, 3.63) is 29.3 Å². The van der Waals surface area contributed by atoms with Crippen molar-refractivity contribution < 1.29 is 14.6 Å². The minimum atomic E-state index is 0.129. The van der Waals surface area contributed by atoms with Crippen LogP contribution in [-0.2, 0) is 11.3 Å². The van der Waals surface area contributed by atoms with Gasteiger partial charge < -0.3 is 25.2 Å². The molecule has 0 bridgehead atoms. The maximum atomic E-state index is 9.26. The van der Waals surface area contributed by atoms with Crippen LogP contribution in [0.4, 0.5) is 0 Å². The van der Waals surface area contributed by atoms with Crippen LogP contribution < -0.4 is 15.4 Å². The number of aryl methyl sites for hydroxylation is 1. The van der Waals surface area contributed by atoms with E-state index in [0.717, 1.165) is 62.7 Å². The molecule has 2 atom stereocenters. The SMILES string of the molecule is CCCC(CCO)CNC(=NCc1ccc(C)cc1OC1CCOC1)NCC. The van der Waals surface area contributed by atoms with Crippen LogP contribution >= 0.6 is 0 Å². The summed E-state index contributed by atoms with van der Waals surface area (Å²) in [5.41, 5.74) is 2.26.